The number of anilines is 1. The molecule has 0 saturated heterocycles. The highest BCUT2D eigenvalue weighted by molar-refractivity contribution is 5.98. The van der Waals surface area contributed by atoms with E-state index in [0.717, 1.165) is 22.5 Å². The number of fused-ring (bicyclic) bond motifs is 2. The van der Waals surface area contributed by atoms with Gasteiger partial charge in [-0.2, -0.15) is 0 Å². The van der Waals surface area contributed by atoms with Crippen molar-refractivity contribution in [3.05, 3.63) is 67.1 Å². The molecule has 7 nitrogen and oxygen atoms in total. The van der Waals surface area contributed by atoms with E-state index in [1.54, 1.807) is 12.6 Å². The van der Waals surface area contributed by atoms with E-state index in [1.807, 2.05) is 22.7 Å². The summed E-state index contributed by atoms with van der Waals surface area (Å²) in [6.45, 7) is 4.91. The second-order valence-corrected chi connectivity index (χ2v) is 7.01. The summed E-state index contributed by atoms with van der Waals surface area (Å²) in [7, 11) is 0. The van der Waals surface area contributed by atoms with E-state index in [0.29, 0.717) is 18.5 Å². The fourth-order valence-corrected chi connectivity index (χ4v) is 3.59. The van der Waals surface area contributed by atoms with E-state index in [4.69, 9.17) is 4.42 Å². The first-order valence-electron chi connectivity index (χ1n) is 9.27. The average molecular weight is 372 g/mol. The number of benzene rings is 1. The van der Waals surface area contributed by atoms with E-state index in [-0.39, 0.29) is 0 Å². The van der Waals surface area contributed by atoms with Crippen LogP contribution in [0.15, 0.2) is 65.8 Å². The molecule has 5 rings (SSSR count). The Morgan fingerprint density at radius 2 is 2.04 bits per heavy atom. The Morgan fingerprint density at radius 1 is 1.11 bits per heavy atom. The highest BCUT2D eigenvalue weighted by Crippen LogP contribution is 2.33. The predicted molar refractivity (Wildman–Crippen MR) is 108 cm³/mol. The lowest BCUT2D eigenvalue weighted by atomic mass is 10.1. The van der Waals surface area contributed by atoms with Gasteiger partial charge in [0.2, 0.25) is 5.95 Å². The molecule has 0 aliphatic heterocycles. The molecule has 28 heavy (non-hydrogen) atoms. The largest absolute Gasteiger partial charge is 0.467 e. The summed E-state index contributed by atoms with van der Waals surface area (Å²) in [5.74, 6) is 1.51. The summed E-state index contributed by atoms with van der Waals surface area (Å²) in [4.78, 5) is 4.64. The molecule has 5 aromatic rings. The SMILES string of the molecule is CC(C)n1ccc2cccc(-c3cnc(NCc4ccco4)n4cnnc34)c21. The van der Waals surface area contributed by atoms with Crippen LogP contribution in [0.3, 0.4) is 0 Å². The Kier molecular flexibility index (Phi) is 3.86. The molecule has 0 aliphatic rings. The molecular weight excluding hydrogens is 352 g/mol. The van der Waals surface area contributed by atoms with Crippen molar-refractivity contribution in [2.24, 2.45) is 0 Å². The second kappa shape index (κ2) is 6.53. The minimum Gasteiger partial charge on any atom is -0.467 e. The number of hydrogen-bond acceptors (Lipinski definition) is 5. The van der Waals surface area contributed by atoms with Crippen LogP contribution in [0.4, 0.5) is 5.95 Å². The van der Waals surface area contributed by atoms with Gasteiger partial charge in [-0.25, -0.2) is 4.98 Å². The van der Waals surface area contributed by atoms with E-state index >= 15 is 0 Å². The molecule has 0 aliphatic carbocycles. The standard InChI is InChI=1S/C21H20N6O/c1-14(2)26-9-8-15-5-3-7-17(19(15)26)18-12-23-21(27-13-24-25-20(18)27)22-11-16-6-4-10-28-16/h3-10,12-14H,11H2,1-2H3,(H,22,23). The van der Waals surface area contributed by atoms with Crippen molar-refractivity contribution in [1.82, 2.24) is 24.1 Å². The monoisotopic (exact) mass is 372 g/mol. The third kappa shape index (κ3) is 2.63. The highest BCUT2D eigenvalue weighted by atomic mass is 16.3. The summed E-state index contributed by atoms with van der Waals surface area (Å²) in [6.07, 6.45) is 7.33. The van der Waals surface area contributed by atoms with Gasteiger partial charge in [0.05, 0.1) is 18.3 Å². The summed E-state index contributed by atoms with van der Waals surface area (Å²) in [5.41, 5.74) is 3.99. The van der Waals surface area contributed by atoms with Crippen molar-refractivity contribution >= 4 is 22.5 Å². The first-order chi connectivity index (χ1) is 13.7. The van der Waals surface area contributed by atoms with Crippen LogP contribution >= 0.6 is 0 Å². The van der Waals surface area contributed by atoms with Gasteiger partial charge in [0, 0.05) is 34.9 Å². The Morgan fingerprint density at radius 3 is 2.86 bits per heavy atom. The van der Waals surface area contributed by atoms with E-state index in [2.05, 4.69) is 69.4 Å². The number of para-hydroxylation sites is 1. The predicted octanol–water partition coefficient (Wildman–Crippen LogP) is 4.53. The quantitative estimate of drug-likeness (QED) is 0.491. The molecule has 0 unspecified atom stereocenters. The third-order valence-corrected chi connectivity index (χ3v) is 4.92. The van der Waals surface area contributed by atoms with Crippen molar-refractivity contribution in [3.63, 3.8) is 0 Å². The van der Waals surface area contributed by atoms with Gasteiger partial charge in [0.1, 0.15) is 12.1 Å². The molecule has 0 atom stereocenters. The molecule has 0 fully saturated rings. The third-order valence-electron chi connectivity index (χ3n) is 4.92. The molecule has 1 aromatic carbocycles. The van der Waals surface area contributed by atoms with Crippen LogP contribution in [-0.2, 0) is 6.54 Å². The summed E-state index contributed by atoms with van der Waals surface area (Å²) < 4.78 is 9.54. The molecule has 140 valence electrons. The first kappa shape index (κ1) is 16.6. The Hall–Kier alpha value is -3.61. The van der Waals surface area contributed by atoms with Crippen LogP contribution in [0.1, 0.15) is 25.6 Å². The van der Waals surface area contributed by atoms with E-state index in [9.17, 15) is 0 Å². The van der Waals surface area contributed by atoms with Crippen LogP contribution in [0.5, 0.6) is 0 Å². The van der Waals surface area contributed by atoms with E-state index in [1.165, 1.54) is 10.9 Å². The Balaban J connectivity index is 1.63. The number of nitrogens with one attached hydrogen (secondary N) is 1. The lowest BCUT2D eigenvalue weighted by Gasteiger charge is -2.14. The minimum atomic E-state index is 0.356. The van der Waals surface area contributed by atoms with Gasteiger partial charge in [-0.05, 0) is 32.0 Å². The van der Waals surface area contributed by atoms with Crippen molar-refractivity contribution in [1.29, 1.82) is 0 Å². The topological polar surface area (TPSA) is 73.2 Å². The fourth-order valence-electron chi connectivity index (χ4n) is 3.59. The summed E-state index contributed by atoms with van der Waals surface area (Å²) in [5, 5.41) is 13.0. The summed E-state index contributed by atoms with van der Waals surface area (Å²) >= 11 is 0. The maximum atomic E-state index is 5.38. The van der Waals surface area contributed by atoms with Gasteiger partial charge in [-0.15, -0.1) is 10.2 Å². The smallest absolute Gasteiger partial charge is 0.210 e. The molecule has 4 aromatic heterocycles. The average Bonchev–Trinajstić information content (AvgIpc) is 3.45. The van der Waals surface area contributed by atoms with Gasteiger partial charge in [-0.1, -0.05) is 18.2 Å². The van der Waals surface area contributed by atoms with Gasteiger partial charge in [0.25, 0.3) is 0 Å². The summed E-state index contributed by atoms with van der Waals surface area (Å²) in [6, 6.07) is 12.6. The van der Waals surface area contributed by atoms with Crippen LogP contribution < -0.4 is 5.32 Å². The minimum absolute atomic E-state index is 0.356. The number of aromatic nitrogens is 5. The molecule has 0 bridgehead atoms. The zero-order valence-corrected chi connectivity index (χ0v) is 15.7. The van der Waals surface area contributed by atoms with Crippen molar-refractivity contribution in [2.45, 2.75) is 26.4 Å². The Bertz CT molecular complexity index is 1250. The molecule has 0 saturated carbocycles. The molecule has 0 amide bonds. The first-order valence-corrected chi connectivity index (χ1v) is 9.27. The number of hydrogen-bond donors (Lipinski definition) is 1. The molecule has 1 N–H and O–H groups in total. The van der Waals surface area contributed by atoms with Crippen LogP contribution in [0.25, 0.3) is 27.7 Å². The lowest BCUT2D eigenvalue weighted by molar-refractivity contribution is 0.517. The number of nitrogens with zero attached hydrogens (tertiary/aromatic N) is 5. The molecule has 0 spiro atoms. The molecule has 4 heterocycles. The number of rotatable bonds is 5. The fraction of sp³-hybridized carbons (Fsp3) is 0.190. The number of furan rings is 1. The lowest BCUT2D eigenvalue weighted by Crippen LogP contribution is -2.06. The van der Waals surface area contributed by atoms with Crippen LogP contribution in [-0.4, -0.2) is 24.1 Å². The van der Waals surface area contributed by atoms with Gasteiger partial charge < -0.3 is 14.3 Å². The van der Waals surface area contributed by atoms with Gasteiger partial charge in [0.15, 0.2) is 5.65 Å². The van der Waals surface area contributed by atoms with Crippen LogP contribution in [0.2, 0.25) is 0 Å². The molecule has 7 heteroatoms. The van der Waals surface area contributed by atoms with Crippen LogP contribution in [0, 0.1) is 0 Å². The van der Waals surface area contributed by atoms with Gasteiger partial charge >= 0.3 is 0 Å². The molecule has 0 radical (unpaired) electrons. The zero-order chi connectivity index (χ0) is 19.1. The zero-order valence-electron chi connectivity index (χ0n) is 15.7. The normalized spacial score (nSPS) is 11.7. The second-order valence-electron chi connectivity index (χ2n) is 7.01. The maximum Gasteiger partial charge on any atom is 0.210 e. The van der Waals surface area contributed by atoms with Gasteiger partial charge in [-0.3, -0.25) is 4.40 Å². The van der Waals surface area contributed by atoms with E-state index < -0.39 is 0 Å². The van der Waals surface area contributed by atoms with Crippen molar-refractivity contribution in [2.75, 3.05) is 5.32 Å². The van der Waals surface area contributed by atoms with Crippen molar-refractivity contribution < 1.29 is 4.42 Å². The van der Waals surface area contributed by atoms with Crippen molar-refractivity contribution in [3.8, 4) is 11.1 Å². The maximum absolute atomic E-state index is 5.38. The Labute approximate surface area is 161 Å². The molecular formula is C21H20N6O. The highest BCUT2D eigenvalue weighted by Gasteiger charge is 2.16.